The number of fused-ring (bicyclic) bond motifs is 2. The van der Waals surface area contributed by atoms with Gasteiger partial charge in [0.2, 0.25) is 0 Å². The third kappa shape index (κ3) is 17.4. The van der Waals surface area contributed by atoms with Crippen LogP contribution in [0, 0.1) is 0 Å². The van der Waals surface area contributed by atoms with Crippen LogP contribution in [0.25, 0.3) is 22.3 Å². The highest BCUT2D eigenvalue weighted by atomic mass is 79.9. The molecule has 0 aliphatic heterocycles. The number of rotatable bonds is 19. The number of halogens is 9. The van der Waals surface area contributed by atoms with Crippen LogP contribution in [-0.4, -0.2) is 107 Å². The van der Waals surface area contributed by atoms with Crippen molar-refractivity contribution in [1.82, 2.24) is 47.6 Å². The highest BCUT2D eigenvalue weighted by Gasteiger charge is 2.32. The Morgan fingerprint density at radius 2 is 0.914 bits per heavy atom. The average molecular weight is 1250 g/mol. The third-order valence-electron chi connectivity index (χ3n) is 11.4. The van der Waals surface area contributed by atoms with Gasteiger partial charge in [0, 0.05) is 64.4 Å². The molecule has 8 rings (SSSR count). The standard InChI is InChI=1S/C26H28F3N5O5.C24H22BrF3N4O5.C2H7N.2ClH/c1-31(2)15-17-8-10-18(11-9-17)16-34-21-22(32(3)25(37)33(23(21)36)12-5-13-35)30-24(34)38-19-6-4-7-20(14-19)39-26(27,28)29;1-30-20-19(21(34)31(23(30)35)10-3-11-33)32(14-16-8-6-15(13-25)7-9-16)22(29-20)36-17-4-2-5-18(12-17)37-24(26,27)28;1-3-2;;/h4,6-11,14,35H,5,12-13,15-16H2,1-3H3;2,4-9,12,33H,3,10-11,13-14H2,1H3;3H,1-2H3;2*1H. The molecule has 3 N–H and O–H groups in total. The van der Waals surface area contributed by atoms with E-state index in [-0.39, 0.29) is 123 Å². The Hall–Kier alpha value is -7.14. The summed E-state index contributed by atoms with van der Waals surface area (Å²) in [4.78, 5) is 63.3. The monoisotopic (exact) mass is 1250 g/mol. The van der Waals surface area contributed by atoms with Gasteiger partial charge >= 0.3 is 36.1 Å². The van der Waals surface area contributed by atoms with Gasteiger partial charge < -0.3 is 39.4 Å². The first kappa shape index (κ1) is 66.4. The van der Waals surface area contributed by atoms with Crippen LogP contribution in [0.4, 0.5) is 26.3 Å². The molecule has 0 atom stereocenters. The molecule has 440 valence electrons. The lowest BCUT2D eigenvalue weighted by molar-refractivity contribution is -0.275. The van der Waals surface area contributed by atoms with Crippen LogP contribution >= 0.6 is 40.7 Å². The Balaban J connectivity index is 0.000000325. The molecular formula is C52H59BrCl2F6N10O10. The molecule has 4 aromatic carbocycles. The third-order valence-corrected chi connectivity index (χ3v) is 12.0. The zero-order chi connectivity index (χ0) is 57.8. The minimum absolute atomic E-state index is 0. The molecule has 0 saturated heterocycles. The Morgan fingerprint density at radius 1 is 0.568 bits per heavy atom. The zero-order valence-electron chi connectivity index (χ0n) is 44.5. The molecule has 0 aliphatic carbocycles. The summed E-state index contributed by atoms with van der Waals surface area (Å²) in [6.07, 6.45) is -9.39. The molecule has 8 aromatic rings. The number of aryl methyl sites for hydroxylation is 2. The van der Waals surface area contributed by atoms with Crippen LogP contribution in [-0.2, 0) is 52.1 Å². The first-order chi connectivity index (χ1) is 37.5. The maximum Gasteiger partial charge on any atom is 0.573 e. The van der Waals surface area contributed by atoms with Gasteiger partial charge in [-0.25, -0.2) is 9.59 Å². The number of nitrogens with zero attached hydrogens (tertiary/aromatic N) is 9. The van der Waals surface area contributed by atoms with Crippen molar-refractivity contribution in [3.8, 4) is 35.0 Å². The zero-order valence-corrected chi connectivity index (χ0v) is 47.7. The molecule has 0 unspecified atom stereocenters. The molecule has 29 heteroatoms. The van der Waals surface area contributed by atoms with Crippen LogP contribution in [0.2, 0.25) is 0 Å². The highest BCUT2D eigenvalue weighted by molar-refractivity contribution is 9.08. The Labute approximate surface area is 479 Å². The number of aliphatic hydroxyl groups excluding tert-OH is 2. The molecule has 0 spiro atoms. The SMILES string of the molecule is CN(C)Cc1ccc(Cn2c(Oc3cccc(OC(F)(F)F)c3)nc3c2c(=O)n(CCCO)c(=O)n3C)cc1.CNC.Cl.Cl.Cn1c(=O)n(CCCO)c(=O)c2c1nc(Oc1cccc(OC(F)(F)F)c1)n2Cc1ccc(CBr)cc1. The van der Waals surface area contributed by atoms with Crippen molar-refractivity contribution in [2.24, 2.45) is 14.1 Å². The van der Waals surface area contributed by atoms with Gasteiger partial charge in [-0.15, -0.1) is 51.2 Å². The summed E-state index contributed by atoms with van der Waals surface area (Å²) in [5.74, 6) is -1.01. The number of hydrogen-bond acceptors (Lipinski definition) is 14. The lowest BCUT2D eigenvalue weighted by atomic mass is 10.1. The van der Waals surface area contributed by atoms with E-state index in [0.717, 1.165) is 62.2 Å². The van der Waals surface area contributed by atoms with Gasteiger partial charge in [-0.05, 0) is 87.6 Å². The van der Waals surface area contributed by atoms with Gasteiger partial charge in [0.1, 0.15) is 23.0 Å². The smallest absolute Gasteiger partial charge is 0.425 e. The second-order valence-corrected chi connectivity index (χ2v) is 18.4. The van der Waals surface area contributed by atoms with Crippen molar-refractivity contribution in [2.75, 3.05) is 41.4 Å². The van der Waals surface area contributed by atoms with E-state index in [2.05, 4.69) is 40.7 Å². The number of imidazole rings is 2. The number of nitrogens with one attached hydrogen (secondary N) is 1. The van der Waals surface area contributed by atoms with Crippen LogP contribution in [0.1, 0.15) is 35.1 Å². The quantitative estimate of drug-likeness (QED) is 0.0523. The molecule has 20 nitrogen and oxygen atoms in total. The molecule has 0 fully saturated rings. The maximum atomic E-state index is 13.5. The van der Waals surface area contributed by atoms with Gasteiger partial charge in [-0.1, -0.05) is 76.6 Å². The van der Waals surface area contributed by atoms with Crippen LogP contribution < -0.4 is 46.8 Å². The minimum atomic E-state index is -4.89. The molecule has 81 heavy (non-hydrogen) atoms. The van der Waals surface area contributed by atoms with Crippen LogP contribution in [0.5, 0.6) is 35.0 Å². The summed E-state index contributed by atoms with van der Waals surface area (Å²) < 4.78 is 103. The van der Waals surface area contributed by atoms with E-state index in [1.807, 2.05) is 81.6 Å². The fourth-order valence-electron chi connectivity index (χ4n) is 7.90. The normalized spacial score (nSPS) is 11.3. The van der Waals surface area contributed by atoms with E-state index in [1.54, 1.807) is 0 Å². The van der Waals surface area contributed by atoms with E-state index >= 15 is 0 Å². The maximum absolute atomic E-state index is 13.5. The van der Waals surface area contributed by atoms with Crippen molar-refractivity contribution in [1.29, 1.82) is 0 Å². The topological polar surface area (TPSA) is 216 Å². The van der Waals surface area contributed by atoms with Crippen molar-refractivity contribution >= 4 is 63.1 Å². The lowest BCUT2D eigenvalue weighted by Gasteiger charge is -2.13. The Bertz CT molecular complexity index is 3610. The Kier molecular flexibility index (Phi) is 24.2. The molecular weight excluding hydrogens is 1190 g/mol. The van der Waals surface area contributed by atoms with E-state index in [9.17, 15) is 55.7 Å². The lowest BCUT2D eigenvalue weighted by Crippen LogP contribution is -2.39. The fraction of sp³-hybridized carbons (Fsp3) is 0.346. The van der Waals surface area contributed by atoms with E-state index in [1.165, 1.54) is 56.6 Å². The van der Waals surface area contributed by atoms with E-state index in [0.29, 0.717) is 5.33 Å². The molecule has 4 aromatic heterocycles. The van der Waals surface area contributed by atoms with Crippen LogP contribution in [0.3, 0.4) is 0 Å². The average Bonchev–Trinajstić information content (AvgIpc) is 4.04. The summed E-state index contributed by atoms with van der Waals surface area (Å²) >= 11 is 3.39. The first-order valence-electron chi connectivity index (χ1n) is 24.1. The predicted octanol–water partition coefficient (Wildman–Crippen LogP) is 7.67. The van der Waals surface area contributed by atoms with Gasteiger partial charge in [-0.3, -0.25) is 37.0 Å². The van der Waals surface area contributed by atoms with Gasteiger partial charge in [0.25, 0.3) is 11.1 Å². The highest BCUT2D eigenvalue weighted by Crippen LogP contribution is 2.32. The fourth-order valence-corrected chi connectivity index (χ4v) is 8.27. The van der Waals surface area contributed by atoms with Crippen molar-refractivity contribution in [3.63, 3.8) is 0 Å². The number of aromatic nitrogens is 8. The number of aliphatic hydroxyl groups is 2. The molecule has 4 heterocycles. The van der Waals surface area contributed by atoms with Crippen molar-refractivity contribution in [3.05, 3.63) is 161 Å². The molecule has 0 aliphatic rings. The van der Waals surface area contributed by atoms with Gasteiger partial charge in [0.15, 0.2) is 22.3 Å². The molecule has 0 amide bonds. The molecule has 0 radical (unpaired) electrons. The largest absolute Gasteiger partial charge is 0.573 e. The van der Waals surface area contributed by atoms with Gasteiger partial charge in [-0.2, -0.15) is 9.97 Å². The summed E-state index contributed by atoms with van der Waals surface area (Å²) in [5, 5.41) is 21.8. The van der Waals surface area contributed by atoms with Crippen molar-refractivity contribution < 1.29 is 55.5 Å². The van der Waals surface area contributed by atoms with Crippen molar-refractivity contribution in [2.45, 2.75) is 63.6 Å². The number of ether oxygens (including phenoxy) is 4. The molecule has 0 bridgehead atoms. The minimum Gasteiger partial charge on any atom is -0.425 e. The summed E-state index contributed by atoms with van der Waals surface area (Å²) in [7, 11) is 10.6. The summed E-state index contributed by atoms with van der Waals surface area (Å²) in [6.45, 7) is 0.553. The number of alkyl halides is 7. The van der Waals surface area contributed by atoms with Crippen LogP contribution in [0.15, 0.2) is 116 Å². The molecule has 0 saturated carbocycles. The summed E-state index contributed by atoms with van der Waals surface area (Å²) in [6, 6.07) is 24.8. The number of hydrogen-bond donors (Lipinski definition) is 3. The second kappa shape index (κ2) is 29.5. The Morgan fingerprint density at radius 3 is 1.25 bits per heavy atom. The number of benzene rings is 4. The summed E-state index contributed by atoms with van der Waals surface area (Å²) in [5.41, 5.74) is 1.45. The second-order valence-electron chi connectivity index (χ2n) is 17.8. The first-order valence-corrected chi connectivity index (χ1v) is 25.3. The van der Waals surface area contributed by atoms with E-state index in [4.69, 9.17) is 9.47 Å². The van der Waals surface area contributed by atoms with E-state index < -0.39 is 46.7 Å². The predicted molar refractivity (Wildman–Crippen MR) is 299 cm³/mol. The van der Waals surface area contributed by atoms with Gasteiger partial charge in [0.05, 0.1) is 13.1 Å².